The Bertz CT molecular complexity index is 2370. The van der Waals surface area contributed by atoms with E-state index in [0.29, 0.717) is 52.4 Å². The Kier molecular flexibility index (Phi) is 10.1. The normalized spacial score (nSPS) is 27.1. The number of nitrogens with one attached hydrogen (secondary N) is 1. The number of anilines is 1. The van der Waals surface area contributed by atoms with Crippen LogP contribution in [0.3, 0.4) is 0 Å². The lowest BCUT2D eigenvalue weighted by Crippen LogP contribution is -2.53. The fourth-order valence-electron chi connectivity index (χ4n) is 10.9. The number of carbonyl (C=O) groups excluding carboxylic acids is 4. The summed E-state index contributed by atoms with van der Waals surface area (Å²) in [5, 5.41) is 12.7. The number of likely N-dealkylation sites (tertiary alicyclic amines) is 2. The number of amides is 4. The number of imide groups is 2. The zero-order valence-corrected chi connectivity index (χ0v) is 34.7. The molecule has 59 heavy (non-hydrogen) atoms. The smallest absolute Gasteiger partial charge is 0.260 e. The van der Waals surface area contributed by atoms with Gasteiger partial charge in [0.05, 0.1) is 41.0 Å². The van der Waals surface area contributed by atoms with E-state index in [4.69, 9.17) is 27.9 Å². The number of hydrogen-bond acceptors (Lipinski definition) is 8. The number of hydrogen-bond donors (Lipinski definition) is 2. The fraction of sp³-hybridized carbons (Fsp3) is 0.362. The summed E-state index contributed by atoms with van der Waals surface area (Å²) in [5.41, 5.74) is 6.56. The number of aryl methyl sites for hydroxylation is 2. The second-order valence-corrected chi connectivity index (χ2v) is 17.6. The van der Waals surface area contributed by atoms with Crippen molar-refractivity contribution < 1.29 is 29.0 Å². The van der Waals surface area contributed by atoms with Crippen molar-refractivity contribution in [1.82, 2.24) is 14.8 Å². The number of halogens is 2. The van der Waals surface area contributed by atoms with Crippen molar-refractivity contribution >= 4 is 52.5 Å². The number of allylic oxidation sites excluding steroid dienone is 2. The summed E-state index contributed by atoms with van der Waals surface area (Å²) < 4.78 is 5.52. The summed E-state index contributed by atoms with van der Waals surface area (Å²) >= 11 is 12.8. The van der Waals surface area contributed by atoms with Crippen LogP contribution in [0.25, 0.3) is 0 Å². The lowest BCUT2D eigenvalue weighted by Gasteiger charge is -2.50. The molecule has 0 spiro atoms. The quantitative estimate of drug-likeness (QED) is 0.136. The molecule has 4 amide bonds. The first-order valence-corrected chi connectivity index (χ1v) is 21.1. The number of fused-ring (bicyclic) bond motifs is 4. The first kappa shape index (κ1) is 39.3. The number of rotatable bonds is 8. The number of carbonyl (C=O) groups is 4. The molecule has 4 aromatic rings. The zero-order chi connectivity index (χ0) is 41.3. The molecule has 0 bridgehead atoms. The standard InChI is InChI=1S/C47H46Cl2N4O6/c1-26-21-29(22-27(2)42(26)54)41-34-14-15-35-40(45(57)52(43(35)55)32-17-19-51(20-18-32)25-28-7-5-4-6-8-28)36(34)24-37-44(56)53(50-39-16-11-31(48)23-38(39)49)46(58)47(37,41)30-9-12-33(59-3)13-10-30/h4-14,16,21-23,32,35-37,40-41,50,54H,15,17-20,24-25H2,1-3H3/t35-,36+,37-,40-,41-,47+/m0/s1. The number of aromatic hydroxyl groups is 1. The van der Waals surface area contributed by atoms with Crippen LogP contribution in [0.1, 0.15) is 59.4 Å². The number of ether oxygens (including phenoxy) is 1. The van der Waals surface area contributed by atoms with Crippen LogP contribution in [0, 0.1) is 37.5 Å². The summed E-state index contributed by atoms with van der Waals surface area (Å²) in [6.07, 6.45) is 3.95. The van der Waals surface area contributed by atoms with E-state index in [9.17, 15) is 14.7 Å². The number of piperidine rings is 1. The molecule has 3 aliphatic heterocycles. The van der Waals surface area contributed by atoms with Crippen molar-refractivity contribution in [2.45, 2.75) is 63.5 Å². The second kappa shape index (κ2) is 15.1. The highest BCUT2D eigenvalue weighted by Gasteiger charge is 2.70. The predicted octanol–water partition coefficient (Wildman–Crippen LogP) is 7.97. The maximum atomic E-state index is 15.6. The Hall–Kier alpha value is -5.16. The van der Waals surface area contributed by atoms with Gasteiger partial charge in [-0.15, -0.1) is 0 Å². The van der Waals surface area contributed by atoms with Gasteiger partial charge in [0.2, 0.25) is 11.8 Å². The summed E-state index contributed by atoms with van der Waals surface area (Å²) in [4.78, 5) is 64.0. The number of benzene rings is 4. The Balaban J connectivity index is 1.13. The molecule has 1 saturated carbocycles. The van der Waals surface area contributed by atoms with Gasteiger partial charge in [-0.1, -0.05) is 89.4 Å². The third-order valence-electron chi connectivity index (χ3n) is 13.6. The third-order valence-corrected chi connectivity index (χ3v) is 14.2. The Morgan fingerprint density at radius 3 is 2.20 bits per heavy atom. The van der Waals surface area contributed by atoms with Crippen molar-refractivity contribution in [3.05, 3.63) is 134 Å². The lowest BCUT2D eigenvalue weighted by atomic mass is 9.49. The van der Waals surface area contributed by atoms with Crippen LogP contribution in [-0.2, 0) is 31.1 Å². The van der Waals surface area contributed by atoms with E-state index in [1.54, 1.807) is 36.3 Å². The number of phenolic OH excluding ortho intramolecular Hbond substituents is 1. The average molecular weight is 834 g/mol. The molecule has 10 nitrogen and oxygen atoms in total. The molecule has 4 aromatic carbocycles. The van der Waals surface area contributed by atoms with Crippen LogP contribution < -0.4 is 10.2 Å². The van der Waals surface area contributed by atoms with Crippen molar-refractivity contribution in [2.24, 2.45) is 23.7 Å². The van der Waals surface area contributed by atoms with Gasteiger partial charge < -0.3 is 9.84 Å². The summed E-state index contributed by atoms with van der Waals surface area (Å²) in [6.45, 7) is 5.98. The molecule has 6 atom stereocenters. The van der Waals surface area contributed by atoms with Gasteiger partial charge in [0.25, 0.3) is 11.8 Å². The topological polar surface area (TPSA) is 119 Å². The lowest BCUT2D eigenvalue weighted by molar-refractivity contribution is -0.144. The van der Waals surface area contributed by atoms with Crippen LogP contribution in [0.15, 0.2) is 96.6 Å². The van der Waals surface area contributed by atoms with Gasteiger partial charge >= 0.3 is 0 Å². The molecule has 2 N–H and O–H groups in total. The molecular weight excluding hydrogens is 787 g/mol. The molecule has 0 aromatic heterocycles. The predicted molar refractivity (Wildman–Crippen MR) is 225 cm³/mol. The zero-order valence-electron chi connectivity index (χ0n) is 33.2. The van der Waals surface area contributed by atoms with Crippen LogP contribution in [-0.4, -0.2) is 69.8 Å². The number of hydrazine groups is 1. The molecule has 12 heteroatoms. The van der Waals surface area contributed by atoms with E-state index in [-0.39, 0.29) is 35.0 Å². The first-order valence-electron chi connectivity index (χ1n) is 20.3. The van der Waals surface area contributed by atoms with Gasteiger partial charge in [0.1, 0.15) is 11.5 Å². The molecular formula is C47H46Cl2N4O6. The van der Waals surface area contributed by atoms with Gasteiger partial charge in [-0.3, -0.25) is 34.4 Å². The van der Waals surface area contributed by atoms with Gasteiger partial charge in [0, 0.05) is 36.6 Å². The average Bonchev–Trinajstić information content (AvgIpc) is 3.61. The minimum absolute atomic E-state index is 0.144. The molecule has 0 unspecified atom stereocenters. The maximum absolute atomic E-state index is 15.6. The van der Waals surface area contributed by atoms with Crippen LogP contribution in [0.2, 0.25) is 10.0 Å². The maximum Gasteiger partial charge on any atom is 0.260 e. The van der Waals surface area contributed by atoms with E-state index >= 15 is 9.59 Å². The molecule has 2 aliphatic carbocycles. The molecule has 3 saturated heterocycles. The minimum atomic E-state index is -1.49. The van der Waals surface area contributed by atoms with E-state index in [1.807, 2.05) is 56.3 Å². The summed E-state index contributed by atoms with van der Waals surface area (Å²) in [7, 11) is 1.57. The van der Waals surface area contributed by atoms with Crippen LogP contribution in [0.4, 0.5) is 5.69 Å². The number of phenols is 1. The summed E-state index contributed by atoms with van der Waals surface area (Å²) in [6, 6.07) is 25.9. The molecule has 4 fully saturated rings. The fourth-order valence-corrected chi connectivity index (χ4v) is 11.4. The third kappa shape index (κ3) is 6.33. The molecule has 5 aliphatic rings. The highest BCUT2D eigenvalue weighted by Crippen LogP contribution is 2.64. The van der Waals surface area contributed by atoms with Crippen molar-refractivity contribution in [1.29, 1.82) is 0 Å². The number of nitrogens with zero attached hydrogens (tertiary/aromatic N) is 3. The van der Waals surface area contributed by atoms with Gasteiger partial charge in [-0.05, 0) is 104 Å². The van der Waals surface area contributed by atoms with Crippen LogP contribution >= 0.6 is 23.2 Å². The second-order valence-electron chi connectivity index (χ2n) is 16.8. The van der Waals surface area contributed by atoms with Crippen LogP contribution in [0.5, 0.6) is 11.5 Å². The van der Waals surface area contributed by atoms with E-state index < -0.39 is 46.8 Å². The van der Waals surface area contributed by atoms with Crippen molar-refractivity contribution in [3.8, 4) is 11.5 Å². The largest absolute Gasteiger partial charge is 0.507 e. The van der Waals surface area contributed by atoms with Gasteiger partial charge in [0.15, 0.2) is 0 Å². The monoisotopic (exact) mass is 832 g/mol. The van der Waals surface area contributed by atoms with E-state index in [2.05, 4.69) is 28.5 Å². The van der Waals surface area contributed by atoms with Crippen molar-refractivity contribution in [2.75, 3.05) is 25.6 Å². The molecule has 9 rings (SSSR count). The van der Waals surface area contributed by atoms with Crippen molar-refractivity contribution in [3.63, 3.8) is 0 Å². The summed E-state index contributed by atoms with van der Waals surface area (Å²) in [5.74, 6) is -3.97. The SMILES string of the molecule is COc1ccc([C@@]23C(=O)N(Nc4ccc(Cl)cc4Cl)C(=O)[C@@H]2C[C@@H]2C(=CC[C@@H]4C(=O)N(C5CCN(Cc6ccccc6)CC5)C(=O)[C@@H]42)[C@@H]3c2cc(C)c(O)c(C)c2)cc1. The molecule has 0 radical (unpaired) electrons. The minimum Gasteiger partial charge on any atom is -0.507 e. The van der Waals surface area contributed by atoms with E-state index in [0.717, 1.165) is 35.8 Å². The highest BCUT2D eigenvalue weighted by atomic mass is 35.5. The van der Waals surface area contributed by atoms with E-state index in [1.165, 1.54) is 11.6 Å². The van der Waals surface area contributed by atoms with Gasteiger partial charge in [-0.25, -0.2) is 0 Å². The first-order chi connectivity index (χ1) is 28.4. The Morgan fingerprint density at radius 1 is 0.847 bits per heavy atom. The van der Waals surface area contributed by atoms with Gasteiger partial charge in [-0.2, -0.15) is 5.01 Å². The molecule has 304 valence electrons. The number of methoxy groups -OCH3 is 1. The Labute approximate surface area is 353 Å². The molecule has 3 heterocycles. The highest BCUT2D eigenvalue weighted by molar-refractivity contribution is 6.36. The Morgan fingerprint density at radius 2 is 1.54 bits per heavy atom.